The Balaban J connectivity index is 0.00000101. The number of nitrogens with zero attached hydrogens (tertiary/aromatic N) is 4. The molecule has 2 fully saturated rings. The van der Waals surface area contributed by atoms with Gasteiger partial charge in [-0.15, -0.1) is 0 Å². The third-order valence-electron chi connectivity index (χ3n) is 9.43. The summed E-state index contributed by atoms with van der Waals surface area (Å²) in [5.41, 5.74) is 6.41. The molecule has 1 aromatic heterocycles. The first-order chi connectivity index (χ1) is 27.8. The van der Waals surface area contributed by atoms with Crippen LogP contribution in [0.1, 0.15) is 100 Å². The van der Waals surface area contributed by atoms with E-state index in [1.54, 1.807) is 18.5 Å². The normalized spacial score (nSPS) is 13.7. The Morgan fingerprint density at radius 1 is 0.807 bits per heavy atom. The van der Waals surface area contributed by atoms with Gasteiger partial charge in [0.15, 0.2) is 0 Å². The highest BCUT2D eigenvalue weighted by molar-refractivity contribution is 6.35. The van der Waals surface area contributed by atoms with Gasteiger partial charge < -0.3 is 24.2 Å². The first-order valence-corrected chi connectivity index (χ1v) is 21.0. The quantitative estimate of drug-likeness (QED) is 0.0982. The fraction of sp³-hybridized carbons (Fsp3) is 0.457. The average Bonchev–Trinajstić information content (AvgIpc) is 3.76. The predicted octanol–water partition coefficient (Wildman–Crippen LogP) is 11.4. The summed E-state index contributed by atoms with van der Waals surface area (Å²) in [7, 11) is 0. The van der Waals surface area contributed by atoms with Gasteiger partial charge in [-0.05, 0) is 100 Å². The number of rotatable bonds is 14. The van der Waals surface area contributed by atoms with Crippen LogP contribution in [0.3, 0.4) is 0 Å². The largest absolute Gasteiger partial charge is 0.492 e. The van der Waals surface area contributed by atoms with Crippen LogP contribution >= 0.6 is 23.2 Å². The van der Waals surface area contributed by atoms with Crippen LogP contribution in [0.4, 0.5) is 0 Å². The minimum atomic E-state index is -0.250. The lowest BCUT2D eigenvalue weighted by atomic mass is 9.96. The molecule has 3 heterocycles. The molecule has 0 spiro atoms. The molecule has 3 aromatic carbocycles. The number of benzene rings is 3. The van der Waals surface area contributed by atoms with Gasteiger partial charge in [0.05, 0.1) is 22.2 Å². The van der Waals surface area contributed by atoms with Crippen LogP contribution in [0.25, 0.3) is 11.1 Å². The van der Waals surface area contributed by atoms with Crippen molar-refractivity contribution in [3.05, 3.63) is 105 Å². The van der Waals surface area contributed by atoms with Gasteiger partial charge in [0.2, 0.25) is 0 Å². The van der Waals surface area contributed by atoms with Gasteiger partial charge >= 0.3 is 0 Å². The fourth-order valence-electron chi connectivity index (χ4n) is 6.69. The summed E-state index contributed by atoms with van der Waals surface area (Å²) in [4.78, 5) is 17.5. The van der Waals surface area contributed by atoms with Gasteiger partial charge in [-0.25, -0.2) is 0 Å². The Hall–Kier alpha value is -4.33. The van der Waals surface area contributed by atoms with E-state index < -0.39 is 0 Å². The van der Waals surface area contributed by atoms with Crippen molar-refractivity contribution in [1.82, 2.24) is 14.8 Å². The van der Waals surface area contributed by atoms with Crippen LogP contribution in [-0.2, 0) is 24.6 Å². The third-order valence-corrected chi connectivity index (χ3v) is 10.1. The van der Waals surface area contributed by atoms with Crippen LogP contribution in [-0.4, -0.2) is 65.7 Å². The second-order valence-corrected chi connectivity index (χ2v) is 14.6. The maximum Gasteiger partial charge on any atom is 0.290 e. The molecule has 0 atom stereocenters. The van der Waals surface area contributed by atoms with Crippen LogP contribution in [0.5, 0.6) is 17.2 Å². The summed E-state index contributed by atoms with van der Waals surface area (Å²) in [5, 5.41) is 17.4. The second kappa shape index (κ2) is 26.6. The molecule has 2 aliphatic heterocycles. The number of carbonyl (C=O) groups is 1. The molecule has 1 N–H and O–H groups in total. The topological polar surface area (TPSA) is 108 Å². The lowest BCUT2D eigenvalue weighted by molar-refractivity contribution is -0.122. The van der Waals surface area contributed by atoms with Crippen LogP contribution < -0.4 is 14.2 Å². The standard InChI is InChI=1S/C40H44Cl2N4O3.C3H8.C2H6.CH2O2/c1-29-32(10-7-11-34(29)35-12-8-13-37(40(35)42)47-19-9-18-45-14-5-6-15-45)28-49-39-22-38(48-27-31-20-30(23-43)24-44-25-31)33(21-36(39)41)26-46-16-3-2-4-17-46;1-3-2;1-2;2-1-3/h7-8,10-13,20-22,24-25H,2-6,9,14-19,26-28H2,1H3;3H2,1-2H3;1-2H3;1H,(H,2,3). The molecule has 9 nitrogen and oxygen atoms in total. The Morgan fingerprint density at radius 2 is 1.44 bits per heavy atom. The molecule has 0 radical (unpaired) electrons. The van der Waals surface area contributed by atoms with Gasteiger partial charge in [0.25, 0.3) is 6.47 Å². The van der Waals surface area contributed by atoms with Gasteiger partial charge in [0, 0.05) is 48.2 Å². The maximum absolute atomic E-state index is 9.31. The maximum atomic E-state index is 9.31. The number of hydrogen-bond acceptors (Lipinski definition) is 8. The number of aromatic nitrogens is 1. The molecule has 0 saturated carbocycles. The average molecular weight is 820 g/mol. The molecule has 0 aliphatic carbocycles. The summed E-state index contributed by atoms with van der Waals surface area (Å²) in [6.07, 6.45) is 11.7. The Bertz CT molecular complexity index is 1840. The zero-order valence-electron chi connectivity index (χ0n) is 34.4. The van der Waals surface area contributed by atoms with Crippen LogP contribution in [0.15, 0.2) is 67.0 Å². The number of piperidine rings is 1. The van der Waals surface area contributed by atoms with E-state index in [4.69, 9.17) is 47.3 Å². The SMILES string of the molecule is CC.CCC.Cc1c(COc2cc(OCc3cncc(C#N)c3)c(CN3CCCCC3)cc2Cl)cccc1-c1cccc(OCCCN2CCCC2)c1Cl.O=CO. The van der Waals surface area contributed by atoms with Crippen molar-refractivity contribution in [2.24, 2.45) is 0 Å². The van der Waals surface area contributed by atoms with Gasteiger partial charge in [-0.3, -0.25) is 14.7 Å². The molecule has 4 aromatic rings. The molecule has 57 heavy (non-hydrogen) atoms. The Labute approximate surface area is 350 Å². The van der Waals surface area contributed by atoms with E-state index in [9.17, 15) is 5.26 Å². The predicted molar refractivity (Wildman–Crippen MR) is 232 cm³/mol. The van der Waals surface area contributed by atoms with E-state index in [1.165, 1.54) is 51.6 Å². The second-order valence-electron chi connectivity index (χ2n) is 13.8. The number of pyridine rings is 1. The van der Waals surface area contributed by atoms with Crippen LogP contribution in [0, 0.1) is 18.3 Å². The van der Waals surface area contributed by atoms with Crippen molar-refractivity contribution >= 4 is 29.7 Å². The summed E-state index contributed by atoms with van der Waals surface area (Å²) < 4.78 is 18.9. The monoisotopic (exact) mass is 818 g/mol. The summed E-state index contributed by atoms with van der Waals surface area (Å²) in [6.45, 7) is 17.6. The van der Waals surface area contributed by atoms with Gasteiger partial charge in [-0.1, -0.05) is 94.1 Å². The van der Waals surface area contributed by atoms with E-state index >= 15 is 0 Å². The van der Waals surface area contributed by atoms with E-state index in [0.717, 1.165) is 66.0 Å². The molecular formula is C46H60Cl2N4O5. The van der Waals surface area contributed by atoms with Crippen molar-refractivity contribution in [2.75, 3.05) is 39.3 Å². The summed E-state index contributed by atoms with van der Waals surface area (Å²) in [5.74, 6) is 1.97. The first kappa shape index (κ1) is 47.0. The molecule has 0 amide bonds. The molecule has 308 valence electrons. The van der Waals surface area contributed by atoms with Gasteiger partial charge in [-0.2, -0.15) is 5.26 Å². The van der Waals surface area contributed by atoms with Crippen molar-refractivity contribution in [2.45, 2.75) is 99.3 Å². The summed E-state index contributed by atoms with van der Waals surface area (Å²) in [6, 6.07) is 20.0. The third kappa shape index (κ3) is 15.2. The molecular weight excluding hydrogens is 759 g/mol. The Kier molecular flexibility index (Phi) is 21.9. The molecule has 2 aliphatic rings. The highest BCUT2D eigenvalue weighted by Crippen LogP contribution is 2.39. The highest BCUT2D eigenvalue weighted by atomic mass is 35.5. The van der Waals surface area contributed by atoms with E-state index in [-0.39, 0.29) is 13.1 Å². The lowest BCUT2D eigenvalue weighted by Crippen LogP contribution is -2.29. The minimum Gasteiger partial charge on any atom is -0.492 e. The summed E-state index contributed by atoms with van der Waals surface area (Å²) >= 11 is 13.8. The Morgan fingerprint density at radius 3 is 2.14 bits per heavy atom. The number of ether oxygens (including phenoxy) is 3. The highest BCUT2D eigenvalue weighted by Gasteiger charge is 2.19. The lowest BCUT2D eigenvalue weighted by Gasteiger charge is -2.27. The van der Waals surface area contributed by atoms with E-state index in [0.29, 0.717) is 46.1 Å². The number of carboxylic acid groups (broad SMARTS) is 1. The number of hydrogen-bond donors (Lipinski definition) is 1. The fourth-order valence-corrected chi connectivity index (χ4v) is 7.21. The first-order valence-electron chi connectivity index (χ1n) is 20.3. The van der Waals surface area contributed by atoms with Crippen molar-refractivity contribution in [1.29, 1.82) is 5.26 Å². The van der Waals surface area contributed by atoms with Crippen molar-refractivity contribution in [3.63, 3.8) is 0 Å². The smallest absolute Gasteiger partial charge is 0.290 e. The van der Waals surface area contributed by atoms with Gasteiger partial charge in [0.1, 0.15) is 36.5 Å². The zero-order valence-corrected chi connectivity index (χ0v) is 35.9. The molecule has 2 saturated heterocycles. The van der Waals surface area contributed by atoms with Crippen molar-refractivity contribution in [3.8, 4) is 34.4 Å². The van der Waals surface area contributed by atoms with Crippen molar-refractivity contribution < 1.29 is 24.1 Å². The molecule has 11 heteroatoms. The number of halogens is 2. The van der Waals surface area contributed by atoms with E-state index in [2.05, 4.69) is 53.8 Å². The molecule has 0 bridgehead atoms. The molecule has 0 unspecified atom stereocenters. The molecule has 6 rings (SSSR count). The number of likely N-dealkylation sites (tertiary alicyclic amines) is 2. The zero-order chi connectivity index (χ0) is 41.4. The van der Waals surface area contributed by atoms with Crippen LogP contribution in [0.2, 0.25) is 10.0 Å². The number of nitriles is 1. The minimum absolute atomic E-state index is 0.250. The van der Waals surface area contributed by atoms with E-state index in [1.807, 2.05) is 50.2 Å².